The highest BCUT2D eigenvalue weighted by Crippen LogP contribution is 2.45. The predicted molar refractivity (Wildman–Crippen MR) is 98.3 cm³/mol. The number of nitrogens with zero attached hydrogens (tertiary/aromatic N) is 4. The Balaban J connectivity index is 1.74. The van der Waals surface area contributed by atoms with Gasteiger partial charge in [-0.25, -0.2) is 4.98 Å². The van der Waals surface area contributed by atoms with Crippen molar-refractivity contribution in [3.05, 3.63) is 57.5 Å². The molecule has 0 aromatic carbocycles. The molecule has 0 aliphatic carbocycles. The van der Waals surface area contributed by atoms with Gasteiger partial charge in [0.05, 0.1) is 17.4 Å². The molecule has 0 radical (unpaired) electrons. The molecule has 1 saturated heterocycles. The largest absolute Gasteiger partial charge is 0.480 e. The minimum atomic E-state index is -1.11. The fraction of sp³-hybridized carbons (Fsp3) is 0.353. The molecule has 4 rings (SSSR count). The number of aromatic nitrogens is 4. The molecule has 3 atom stereocenters. The minimum absolute atomic E-state index is 0.121. The number of aryl methyl sites for hydroxylation is 1. The van der Waals surface area contributed by atoms with Crippen molar-refractivity contribution in [3.8, 4) is 0 Å². The average molecular weight is 387 g/mol. The minimum Gasteiger partial charge on any atom is -0.480 e. The van der Waals surface area contributed by atoms with Crippen LogP contribution in [0.4, 0.5) is 0 Å². The lowest BCUT2D eigenvalue weighted by Crippen LogP contribution is -2.50. The van der Waals surface area contributed by atoms with Crippen molar-refractivity contribution in [2.75, 3.05) is 0 Å². The number of nitrogens with one attached hydrogen (secondary N) is 1. The highest BCUT2D eigenvalue weighted by atomic mass is 32.1. The second-order valence-corrected chi connectivity index (χ2v) is 8.36. The van der Waals surface area contributed by atoms with Crippen molar-refractivity contribution in [2.24, 2.45) is 0 Å². The molecule has 0 amide bonds. The molecule has 2 N–H and O–H groups in total. The smallest absolute Gasteiger partial charge is 0.324 e. The Morgan fingerprint density at radius 2 is 2.27 bits per heavy atom. The number of rotatable bonds is 5. The van der Waals surface area contributed by atoms with Crippen molar-refractivity contribution < 1.29 is 9.90 Å². The first-order chi connectivity index (χ1) is 12.6. The Labute approximate surface area is 158 Å². The molecule has 7 nitrogen and oxygen atoms in total. The van der Waals surface area contributed by atoms with E-state index in [2.05, 4.69) is 24.6 Å². The lowest BCUT2D eigenvalue weighted by molar-refractivity contribution is -0.144. The summed E-state index contributed by atoms with van der Waals surface area (Å²) in [6.45, 7) is 1.99. The highest BCUT2D eigenvalue weighted by molar-refractivity contribution is 7.11. The normalized spacial score (nSPS) is 25.4. The van der Waals surface area contributed by atoms with E-state index in [4.69, 9.17) is 0 Å². The Morgan fingerprint density at radius 3 is 2.88 bits per heavy atom. The van der Waals surface area contributed by atoms with Gasteiger partial charge >= 0.3 is 5.97 Å². The third kappa shape index (κ3) is 3.13. The molecule has 1 aliphatic rings. The molecule has 3 aromatic heterocycles. The van der Waals surface area contributed by atoms with Crippen molar-refractivity contribution in [2.45, 2.75) is 37.3 Å². The summed E-state index contributed by atoms with van der Waals surface area (Å²) in [5, 5.41) is 16.2. The van der Waals surface area contributed by atoms with Gasteiger partial charge in [-0.15, -0.1) is 11.3 Å². The molecular formula is C17H17N5O2S2. The van der Waals surface area contributed by atoms with E-state index < -0.39 is 11.5 Å². The molecule has 0 unspecified atom stereocenters. The summed E-state index contributed by atoms with van der Waals surface area (Å²) in [5.41, 5.74) is 0.443. The fourth-order valence-corrected chi connectivity index (χ4v) is 4.89. The average Bonchev–Trinajstić information content (AvgIpc) is 3.36. The molecule has 9 heteroatoms. The summed E-state index contributed by atoms with van der Waals surface area (Å²) in [6, 6.07) is 1.65. The van der Waals surface area contributed by atoms with Crippen LogP contribution in [0, 0.1) is 6.92 Å². The van der Waals surface area contributed by atoms with Crippen LogP contribution in [0.1, 0.15) is 39.7 Å². The van der Waals surface area contributed by atoms with E-state index in [-0.39, 0.29) is 12.0 Å². The maximum absolute atomic E-state index is 12.3. The lowest BCUT2D eigenvalue weighted by atomic mass is 9.86. The Bertz CT molecular complexity index is 899. The van der Waals surface area contributed by atoms with Crippen LogP contribution in [-0.2, 0) is 11.2 Å². The van der Waals surface area contributed by atoms with Gasteiger partial charge in [-0.2, -0.15) is 4.37 Å². The van der Waals surface area contributed by atoms with E-state index >= 15 is 0 Å². The molecule has 134 valence electrons. The topological polar surface area (TPSA) is 101 Å². The maximum atomic E-state index is 12.3. The van der Waals surface area contributed by atoms with Crippen LogP contribution in [0.5, 0.6) is 0 Å². The number of aliphatic carboxylic acids is 1. The Hall–Kier alpha value is -2.23. The SMILES string of the molecule is Cc1cnc([C@@H]2N[C@](Cc3ccsn3)(C(=O)O)C[C@@H]2c2cnccn2)s1. The van der Waals surface area contributed by atoms with Gasteiger partial charge in [0.2, 0.25) is 0 Å². The van der Waals surface area contributed by atoms with Gasteiger partial charge in [0.25, 0.3) is 0 Å². The van der Waals surface area contributed by atoms with E-state index in [1.54, 1.807) is 29.9 Å². The molecule has 1 aliphatic heterocycles. The zero-order valence-corrected chi connectivity index (χ0v) is 15.6. The van der Waals surface area contributed by atoms with E-state index in [1.165, 1.54) is 11.5 Å². The third-order valence-corrected chi connectivity index (χ3v) is 6.25. The Morgan fingerprint density at radius 1 is 1.38 bits per heavy atom. The molecule has 3 aromatic rings. The lowest BCUT2D eigenvalue weighted by Gasteiger charge is -2.24. The molecule has 0 spiro atoms. The zero-order chi connectivity index (χ0) is 18.1. The summed E-state index contributed by atoms with van der Waals surface area (Å²) < 4.78 is 4.30. The van der Waals surface area contributed by atoms with Crippen LogP contribution in [0.15, 0.2) is 36.2 Å². The van der Waals surface area contributed by atoms with Crippen LogP contribution in [0.3, 0.4) is 0 Å². The Kier molecular flexibility index (Phi) is 4.51. The fourth-order valence-electron chi connectivity index (χ4n) is 3.46. The number of hydrogen-bond donors (Lipinski definition) is 2. The van der Waals surface area contributed by atoms with Crippen LogP contribution in [0.2, 0.25) is 0 Å². The summed E-state index contributed by atoms with van der Waals surface area (Å²) in [5.74, 6) is -1.00. The quantitative estimate of drug-likeness (QED) is 0.694. The number of carbonyl (C=O) groups is 1. The van der Waals surface area contributed by atoms with Crippen LogP contribution < -0.4 is 5.32 Å². The van der Waals surface area contributed by atoms with Gasteiger partial charge in [-0.05, 0) is 30.9 Å². The molecule has 1 fully saturated rings. The highest BCUT2D eigenvalue weighted by Gasteiger charge is 2.52. The van der Waals surface area contributed by atoms with Crippen LogP contribution >= 0.6 is 22.9 Å². The van der Waals surface area contributed by atoms with E-state index in [9.17, 15) is 9.90 Å². The van der Waals surface area contributed by atoms with Gasteiger partial charge < -0.3 is 5.11 Å². The molecular weight excluding hydrogens is 370 g/mol. The van der Waals surface area contributed by atoms with Gasteiger partial charge in [-0.3, -0.25) is 20.1 Å². The summed E-state index contributed by atoms with van der Waals surface area (Å²) >= 11 is 2.90. The number of hydrogen-bond acceptors (Lipinski definition) is 8. The summed E-state index contributed by atoms with van der Waals surface area (Å²) in [4.78, 5) is 26.5. The monoisotopic (exact) mass is 387 g/mol. The molecule has 0 saturated carbocycles. The number of carboxylic acids is 1. The first kappa shape index (κ1) is 17.2. The predicted octanol–water partition coefficient (Wildman–Crippen LogP) is 2.58. The van der Waals surface area contributed by atoms with Crippen molar-refractivity contribution >= 4 is 28.8 Å². The van der Waals surface area contributed by atoms with Crippen molar-refractivity contribution in [3.63, 3.8) is 0 Å². The van der Waals surface area contributed by atoms with E-state index in [1.807, 2.05) is 24.6 Å². The first-order valence-corrected chi connectivity index (χ1v) is 9.81. The van der Waals surface area contributed by atoms with E-state index in [0.29, 0.717) is 12.8 Å². The number of thiazole rings is 1. The van der Waals surface area contributed by atoms with Crippen LogP contribution in [-0.4, -0.2) is 35.9 Å². The van der Waals surface area contributed by atoms with Crippen LogP contribution in [0.25, 0.3) is 0 Å². The summed E-state index contributed by atoms with van der Waals surface area (Å²) in [6.07, 6.45) is 7.51. The molecule has 26 heavy (non-hydrogen) atoms. The first-order valence-electron chi connectivity index (χ1n) is 8.16. The summed E-state index contributed by atoms with van der Waals surface area (Å²) in [7, 11) is 0. The van der Waals surface area contributed by atoms with Gasteiger partial charge in [-0.1, -0.05) is 0 Å². The van der Waals surface area contributed by atoms with Gasteiger partial charge in [0, 0.05) is 47.4 Å². The second kappa shape index (κ2) is 6.82. The van der Waals surface area contributed by atoms with E-state index in [0.717, 1.165) is 21.3 Å². The van der Waals surface area contributed by atoms with Gasteiger partial charge in [0.15, 0.2) is 0 Å². The molecule has 0 bridgehead atoms. The standard InChI is InChI=1S/C17H17N5O2S2/c1-10-8-20-15(26-10)14-12(13-9-18-3-4-19-13)7-17(21-14,16(23)24)6-11-2-5-25-22-11/h2-5,8-9,12,14,21H,6-7H2,1H3,(H,23,24)/t12-,14-,17+/m1/s1. The van der Waals surface area contributed by atoms with Crippen molar-refractivity contribution in [1.29, 1.82) is 0 Å². The van der Waals surface area contributed by atoms with Gasteiger partial charge in [0.1, 0.15) is 10.5 Å². The number of carboxylic acid groups (broad SMARTS) is 1. The maximum Gasteiger partial charge on any atom is 0.324 e. The third-order valence-electron chi connectivity index (χ3n) is 4.65. The molecule has 4 heterocycles. The zero-order valence-electron chi connectivity index (χ0n) is 14.0. The van der Waals surface area contributed by atoms with Crippen molar-refractivity contribution in [1.82, 2.24) is 24.6 Å². The second-order valence-electron chi connectivity index (χ2n) is 6.43.